The third kappa shape index (κ3) is 3.01. The lowest BCUT2D eigenvalue weighted by Crippen LogP contribution is -2.17. The number of thiazole rings is 1. The number of pyridine rings is 1. The highest BCUT2D eigenvalue weighted by molar-refractivity contribution is 7.13. The predicted molar refractivity (Wildman–Crippen MR) is 77.5 cm³/mol. The maximum Gasteiger partial charge on any atom is 0.143 e. The summed E-state index contributed by atoms with van der Waals surface area (Å²) in [6.07, 6.45) is 1.58. The van der Waals surface area contributed by atoms with E-state index in [0.29, 0.717) is 15.7 Å². The van der Waals surface area contributed by atoms with Crippen LogP contribution in [-0.2, 0) is 0 Å². The molecule has 1 atom stereocenters. The fourth-order valence-electron chi connectivity index (χ4n) is 1.58. The Balaban J connectivity index is 2.29. The molecule has 0 saturated heterocycles. The summed E-state index contributed by atoms with van der Waals surface area (Å²) in [4.78, 5) is 8.79. The molecule has 0 aliphatic carbocycles. The van der Waals surface area contributed by atoms with Crippen LogP contribution in [0.1, 0.15) is 25.6 Å². The number of hydrogen-bond donors (Lipinski definition) is 1. The Bertz CT molecular complexity index is 542. The van der Waals surface area contributed by atoms with Gasteiger partial charge in [-0.05, 0) is 19.5 Å². The quantitative estimate of drug-likeness (QED) is 0.920. The van der Waals surface area contributed by atoms with E-state index < -0.39 is 0 Å². The molecule has 0 spiro atoms. The summed E-state index contributed by atoms with van der Waals surface area (Å²) in [5.41, 5.74) is 1.69. The Morgan fingerprint density at radius 2 is 2.22 bits per heavy atom. The Morgan fingerprint density at radius 1 is 1.44 bits per heavy atom. The lowest BCUT2D eigenvalue weighted by atomic mass is 10.2. The molecule has 0 amide bonds. The molecule has 0 saturated carbocycles. The van der Waals surface area contributed by atoms with Gasteiger partial charge in [-0.15, -0.1) is 11.3 Å². The number of nitrogens with zero attached hydrogens (tertiary/aromatic N) is 2. The first-order valence-corrected chi connectivity index (χ1v) is 7.25. The molecule has 1 unspecified atom stereocenters. The van der Waals surface area contributed by atoms with Crippen LogP contribution in [0.4, 0.5) is 0 Å². The van der Waals surface area contributed by atoms with Crippen molar-refractivity contribution in [2.75, 3.05) is 6.54 Å². The first-order chi connectivity index (χ1) is 8.61. The van der Waals surface area contributed by atoms with Crippen LogP contribution in [0.15, 0.2) is 17.6 Å². The van der Waals surface area contributed by atoms with Crippen molar-refractivity contribution in [3.63, 3.8) is 0 Å². The Kier molecular flexibility index (Phi) is 4.56. The largest absolute Gasteiger partial charge is 0.309 e. The van der Waals surface area contributed by atoms with Crippen LogP contribution in [0.2, 0.25) is 10.0 Å². The SMILES string of the molecule is CCNC(C)c1csc(-c2ncc(Cl)cc2Cl)n1. The van der Waals surface area contributed by atoms with Gasteiger partial charge in [0, 0.05) is 17.6 Å². The maximum absolute atomic E-state index is 6.12. The van der Waals surface area contributed by atoms with E-state index in [1.807, 2.05) is 5.38 Å². The van der Waals surface area contributed by atoms with Crippen LogP contribution in [0.5, 0.6) is 0 Å². The Hall–Kier alpha value is -0.680. The van der Waals surface area contributed by atoms with Crippen LogP contribution in [0.25, 0.3) is 10.7 Å². The van der Waals surface area contributed by atoms with Gasteiger partial charge in [0.05, 0.1) is 15.7 Å². The minimum Gasteiger partial charge on any atom is -0.309 e. The van der Waals surface area contributed by atoms with Crippen LogP contribution < -0.4 is 5.32 Å². The first-order valence-electron chi connectivity index (χ1n) is 5.62. The molecule has 0 fully saturated rings. The molecule has 0 aromatic carbocycles. The van der Waals surface area contributed by atoms with Crippen molar-refractivity contribution in [3.05, 3.63) is 33.4 Å². The van der Waals surface area contributed by atoms with Gasteiger partial charge >= 0.3 is 0 Å². The van der Waals surface area contributed by atoms with Crippen molar-refractivity contribution in [1.29, 1.82) is 0 Å². The highest BCUT2D eigenvalue weighted by Gasteiger charge is 2.13. The van der Waals surface area contributed by atoms with Gasteiger partial charge in [0.25, 0.3) is 0 Å². The Morgan fingerprint density at radius 3 is 2.89 bits per heavy atom. The number of aromatic nitrogens is 2. The molecule has 6 heteroatoms. The zero-order valence-electron chi connectivity index (χ0n) is 10.1. The third-order valence-corrected chi connectivity index (χ3v) is 3.85. The van der Waals surface area contributed by atoms with Crippen LogP contribution in [0, 0.1) is 0 Å². The summed E-state index contributed by atoms with van der Waals surface area (Å²) < 4.78 is 0. The summed E-state index contributed by atoms with van der Waals surface area (Å²) in [6.45, 7) is 5.06. The molecule has 1 N–H and O–H groups in total. The van der Waals surface area contributed by atoms with Crippen LogP contribution >= 0.6 is 34.5 Å². The maximum atomic E-state index is 6.12. The van der Waals surface area contributed by atoms with E-state index in [2.05, 4.69) is 29.1 Å². The molecule has 2 aromatic rings. The van der Waals surface area contributed by atoms with Crippen molar-refractivity contribution in [2.24, 2.45) is 0 Å². The summed E-state index contributed by atoms with van der Waals surface area (Å²) >= 11 is 13.5. The summed E-state index contributed by atoms with van der Waals surface area (Å²) in [7, 11) is 0. The second kappa shape index (κ2) is 5.97. The van der Waals surface area contributed by atoms with Gasteiger partial charge in [-0.3, -0.25) is 4.98 Å². The minimum absolute atomic E-state index is 0.228. The van der Waals surface area contributed by atoms with Gasteiger partial charge < -0.3 is 5.32 Å². The highest BCUT2D eigenvalue weighted by Crippen LogP contribution is 2.31. The minimum atomic E-state index is 0.228. The fraction of sp³-hybridized carbons (Fsp3) is 0.333. The van der Waals surface area contributed by atoms with Gasteiger partial charge in [0.15, 0.2) is 0 Å². The molecule has 0 aliphatic heterocycles. The number of nitrogens with one attached hydrogen (secondary N) is 1. The normalized spacial score (nSPS) is 12.7. The first kappa shape index (κ1) is 13.7. The molecular weight excluding hydrogens is 289 g/mol. The molecule has 2 rings (SSSR count). The average Bonchev–Trinajstić information content (AvgIpc) is 2.78. The highest BCUT2D eigenvalue weighted by atomic mass is 35.5. The molecule has 2 aromatic heterocycles. The smallest absolute Gasteiger partial charge is 0.143 e. The molecule has 0 aliphatic rings. The monoisotopic (exact) mass is 301 g/mol. The van der Waals surface area contributed by atoms with E-state index in [1.165, 1.54) is 11.3 Å². The number of halogens is 2. The van der Waals surface area contributed by atoms with Gasteiger partial charge in [-0.2, -0.15) is 0 Å². The molecule has 3 nitrogen and oxygen atoms in total. The van der Waals surface area contributed by atoms with Crippen LogP contribution in [0.3, 0.4) is 0 Å². The van der Waals surface area contributed by atoms with Crippen molar-refractivity contribution in [1.82, 2.24) is 15.3 Å². The van der Waals surface area contributed by atoms with Crippen LogP contribution in [-0.4, -0.2) is 16.5 Å². The zero-order chi connectivity index (χ0) is 13.1. The second-order valence-corrected chi connectivity index (χ2v) is 5.54. The zero-order valence-corrected chi connectivity index (χ0v) is 12.4. The number of rotatable bonds is 4. The van der Waals surface area contributed by atoms with Gasteiger partial charge in [0.1, 0.15) is 10.7 Å². The van der Waals surface area contributed by atoms with Gasteiger partial charge in [-0.1, -0.05) is 30.1 Å². The standard InChI is InChI=1S/C12H13Cl2N3S/c1-3-15-7(2)10-6-18-12(17-10)11-9(14)4-8(13)5-16-11/h4-7,15H,3H2,1-2H3. The third-order valence-electron chi connectivity index (χ3n) is 2.49. The molecule has 18 heavy (non-hydrogen) atoms. The second-order valence-electron chi connectivity index (χ2n) is 3.84. The van der Waals surface area contributed by atoms with E-state index in [1.54, 1.807) is 12.3 Å². The summed E-state index contributed by atoms with van der Waals surface area (Å²) in [5.74, 6) is 0. The van der Waals surface area contributed by atoms with E-state index in [4.69, 9.17) is 23.2 Å². The Labute approximate surface area is 120 Å². The topological polar surface area (TPSA) is 37.8 Å². The summed E-state index contributed by atoms with van der Waals surface area (Å²) in [5, 5.41) is 7.22. The molecule has 96 valence electrons. The van der Waals surface area contributed by atoms with Crippen molar-refractivity contribution in [3.8, 4) is 10.7 Å². The fourth-order valence-corrected chi connectivity index (χ4v) is 3.02. The summed E-state index contributed by atoms with van der Waals surface area (Å²) in [6, 6.07) is 1.91. The van der Waals surface area contributed by atoms with Crippen molar-refractivity contribution in [2.45, 2.75) is 19.9 Å². The van der Waals surface area contributed by atoms with Gasteiger partial charge in [0.2, 0.25) is 0 Å². The van der Waals surface area contributed by atoms with Crippen molar-refractivity contribution >= 4 is 34.5 Å². The van der Waals surface area contributed by atoms with E-state index >= 15 is 0 Å². The van der Waals surface area contributed by atoms with E-state index in [-0.39, 0.29) is 6.04 Å². The van der Waals surface area contributed by atoms with E-state index in [0.717, 1.165) is 17.2 Å². The molecular formula is C12H13Cl2N3S. The van der Waals surface area contributed by atoms with E-state index in [9.17, 15) is 0 Å². The number of hydrogen-bond acceptors (Lipinski definition) is 4. The van der Waals surface area contributed by atoms with Gasteiger partial charge in [-0.25, -0.2) is 4.98 Å². The average molecular weight is 302 g/mol. The predicted octanol–water partition coefficient (Wildman–Crippen LogP) is 4.18. The lowest BCUT2D eigenvalue weighted by molar-refractivity contribution is 0.587. The van der Waals surface area contributed by atoms with Crippen molar-refractivity contribution < 1.29 is 0 Å². The molecule has 0 bridgehead atoms. The lowest BCUT2D eigenvalue weighted by Gasteiger charge is -2.08. The molecule has 2 heterocycles. The molecule has 0 radical (unpaired) electrons.